The summed E-state index contributed by atoms with van der Waals surface area (Å²) in [5, 5.41) is 0. The third-order valence-electron chi connectivity index (χ3n) is 3.86. The summed E-state index contributed by atoms with van der Waals surface area (Å²) >= 11 is 0. The molecule has 3 heterocycles. The molecule has 0 spiro atoms. The van der Waals surface area contributed by atoms with Crippen LogP contribution >= 0.6 is 0 Å². The summed E-state index contributed by atoms with van der Waals surface area (Å²) in [6.45, 7) is 2.42. The second-order valence-electron chi connectivity index (χ2n) is 5.34. The molecule has 0 unspecified atom stereocenters. The Bertz CT molecular complexity index is 839. The van der Waals surface area contributed by atoms with Crippen LogP contribution in [0, 0.1) is 0 Å². The molecule has 0 radical (unpaired) electrons. The molecule has 6 heteroatoms. The zero-order valence-electron chi connectivity index (χ0n) is 12.4. The number of carbonyl (C=O) groups is 1. The number of hydrogen-bond donors (Lipinski definition) is 0. The fraction of sp³-hybridized carbons (Fsp3) is 0.235. The van der Waals surface area contributed by atoms with Crippen molar-refractivity contribution < 1.29 is 13.9 Å². The number of nitrogens with zero attached hydrogens (tertiary/aromatic N) is 3. The predicted molar refractivity (Wildman–Crippen MR) is 84.0 cm³/mol. The van der Waals surface area contributed by atoms with E-state index >= 15 is 0 Å². The van der Waals surface area contributed by atoms with Crippen LogP contribution in [0.15, 0.2) is 47.1 Å². The minimum Gasteiger partial charge on any atom is -0.436 e. The lowest BCUT2D eigenvalue weighted by atomic mass is 10.1. The third-order valence-corrected chi connectivity index (χ3v) is 3.86. The van der Waals surface area contributed by atoms with Gasteiger partial charge in [-0.25, -0.2) is 4.98 Å². The van der Waals surface area contributed by atoms with E-state index in [1.54, 1.807) is 35.5 Å². The van der Waals surface area contributed by atoms with Gasteiger partial charge in [0.05, 0.1) is 13.2 Å². The van der Waals surface area contributed by atoms with E-state index in [9.17, 15) is 4.79 Å². The Kier molecular flexibility index (Phi) is 3.51. The van der Waals surface area contributed by atoms with E-state index in [-0.39, 0.29) is 5.91 Å². The Hall–Kier alpha value is -2.73. The highest BCUT2D eigenvalue weighted by Gasteiger charge is 2.19. The molecule has 116 valence electrons. The maximum absolute atomic E-state index is 12.5. The molecular formula is C17H15N3O3. The van der Waals surface area contributed by atoms with Crippen LogP contribution in [0.2, 0.25) is 0 Å². The number of oxazole rings is 1. The summed E-state index contributed by atoms with van der Waals surface area (Å²) in [7, 11) is 0. The number of fused-ring (bicyclic) bond motifs is 1. The van der Waals surface area contributed by atoms with Crippen molar-refractivity contribution in [1.82, 2.24) is 14.9 Å². The molecular weight excluding hydrogens is 294 g/mol. The molecule has 0 aliphatic carbocycles. The first-order valence-electron chi connectivity index (χ1n) is 7.49. The average Bonchev–Trinajstić information content (AvgIpc) is 3.06. The third kappa shape index (κ3) is 2.68. The van der Waals surface area contributed by atoms with Gasteiger partial charge in [-0.1, -0.05) is 0 Å². The molecule has 0 atom stereocenters. The quantitative estimate of drug-likeness (QED) is 0.727. The Morgan fingerprint density at radius 3 is 2.65 bits per heavy atom. The van der Waals surface area contributed by atoms with Crippen LogP contribution in [0.5, 0.6) is 0 Å². The lowest BCUT2D eigenvalue weighted by Gasteiger charge is -2.26. The van der Waals surface area contributed by atoms with E-state index < -0.39 is 0 Å². The second-order valence-corrected chi connectivity index (χ2v) is 5.34. The predicted octanol–water partition coefficient (Wildman–Crippen LogP) is 2.36. The Labute approximate surface area is 132 Å². The zero-order chi connectivity index (χ0) is 15.6. The van der Waals surface area contributed by atoms with E-state index in [2.05, 4.69) is 9.97 Å². The molecule has 1 fully saturated rings. The van der Waals surface area contributed by atoms with E-state index in [1.165, 1.54) is 0 Å². The second kappa shape index (κ2) is 5.81. The highest BCUT2D eigenvalue weighted by Crippen LogP contribution is 2.24. The minimum absolute atomic E-state index is 0.00339. The van der Waals surface area contributed by atoms with Crippen LogP contribution in [0.25, 0.3) is 22.6 Å². The summed E-state index contributed by atoms with van der Waals surface area (Å²) in [6, 6.07) is 9.03. The number of hydrogen-bond acceptors (Lipinski definition) is 5. The number of carbonyl (C=O) groups excluding carboxylic acids is 1. The van der Waals surface area contributed by atoms with Gasteiger partial charge in [-0.2, -0.15) is 0 Å². The molecule has 1 aliphatic heterocycles. The molecule has 1 amide bonds. The fourth-order valence-corrected chi connectivity index (χ4v) is 2.63. The molecule has 2 aromatic heterocycles. The topological polar surface area (TPSA) is 68.5 Å². The van der Waals surface area contributed by atoms with Gasteiger partial charge in [0.1, 0.15) is 5.52 Å². The number of rotatable bonds is 2. The number of benzene rings is 1. The van der Waals surface area contributed by atoms with Crippen molar-refractivity contribution in [3.63, 3.8) is 0 Å². The van der Waals surface area contributed by atoms with Crippen molar-refractivity contribution in [3.8, 4) is 11.5 Å². The maximum atomic E-state index is 12.5. The highest BCUT2D eigenvalue weighted by molar-refractivity contribution is 5.97. The van der Waals surface area contributed by atoms with E-state index in [1.807, 2.05) is 12.1 Å². The van der Waals surface area contributed by atoms with E-state index in [0.717, 1.165) is 5.56 Å². The van der Waals surface area contributed by atoms with Crippen LogP contribution in [0.3, 0.4) is 0 Å². The van der Waals surface area contributed by atoms with Gasteiger partial charge in [-0.3, -0.25) is 9.78 Å². The standard InChI is InChI=1S/C17H15N3O3/c21-17(20-7-9-22-10-8-20)13-1-2-15-14(11-13)19-16(23-15)12-3-5-18-6-4-12/h1-6,11H,7-10H2. The summed E-state index contributed by atoms with van der Waals surface area (Å²) < 4.78 is 11.0. The number of ether oxygens (including phenoxy) is 1. The summed E-state index contributed by atoms with van der Waals surface area (Å²) in [4.78, 5) is 22.8. The van der Waals surface area contributed by atoms with E-state index in [0.29, 0.717) is 48.9 Å². The SMILES string of the molecule is O=C(c1ccc2oc(-c3ccncc3)nc2c1)N1CCOCC1. The van der Waals surface area contributed by atoms with Gasteiger partial charge in [-0.05, 0) is 30.3 Å². The Morgan fingerprint density at radius 2 is 1.87 bits per heavy atom. The van der Waals surface area contributed by atoms with E-state index in [4.69, 9.17) is 9.15 Å². The number of aromatic nitrogens is 2. The van der Waals surface area contributed by atoms with Crippen LogP contribution in [-0.2, 0) is 4.74 Å². The molecule has 1 aliphatic rings. The fourth-order valence-electron chi connectivity index (χ4n) is 2.63. The van der Waals surface area contributed by atoms with Gasteiger partial charge in [0.2, 0.25) is 5.89 Å². The first-order valence-corrected chi connectivity index (χ1v) is 7.49. The number of pyridine rings is 1. The highest BCUT2D eigenvalue weighted by atomic mass is 16.5. The van der Waals surface area contributed by atoms with Crippen molar-refractivity contribution in [2.75, 3.05) is 26.3 Å². The van der Waals surface area contributed by atoms with Gasteiger partial charge < -0.3 is 14.1 Å². The summed E-state index contributed by atoms with van der Waals surface area (Å²) in [5.74, 6) is 0.530. The molecule has 6 nitrogen and oxygen atoms in total. The van der Waals surface area contributed by atoms with Gasteiger partial charge in [-0.15, -0.1) is 0 Å². The average molecular weight is 309 g/mol. The maximum Gasteiger partial charge on any atom is 0.254 e. The largest absolute Gasteiger partial charge is 0.436 e. The van der Waals surface area contributed by atoms with Crippen molar-refractivity contribution in [1.29, 1.82) is 0 Å². The molecule has 1 saturated heterocycles. The Morgan fingerprint density at radius 1 is 1.09 bits per heavy atom. The molecule has 3 aromatic rings. The first-order chi connectivity index (χ1) is 11.3. The summed E-state index contributed by atoms with van der Waals surface area (Å²) in [6.07, 6.45) is 3.38. The van der Waals surface area contributed by atoms with Crippen LogP contribution in [-0.4, -0.2) is 47.1 Å². The lowest BCUT2D eigenvalue weighted by molar-refractivity contribution is 0.0303. The van der Waals surface area contributed by atoms with Crippen LogP contribution in [0.4, 0.5) is 0 Å². The van der Waals surface area contributed by atoms with Crippen LogP contribution in [0.1, 0.15) is 10.4 Å². The van der Waals surface area contributed by atoms with Gasteiger partial charge >= 0.3 is 0 Å². The van der Waals surface area contributed by atoms with Crippen molar-refractivity contribution in [3.05, 3.63) is 48.3 Å². The molecule has 0 N–H and O–H groups in total. The van der Waals surface area contributed by atoms with Crippen molar-refractivity contribution >= 4 is 17.0 Å². The van der Waals surface area contributed by atoms with Crippen molar-refractivity contribution in [2.24, 2.45) is 0 Å². The van der Waals surface area contributed by atoms with Crippen molar-refractivity contribution in [2.45, 2.75) is 0 Å². The molecule has 0 saturated carbocycles. The van der Waals surface area contributed by atoms with Gasteiger partial charge in [0.25, 0.3) is 5.91 Å². The monoisotopic (exact) mass is 309 g/mol. The van der Waals surface area contributed by atoms with Gasteiger partial charge in [0, 0.05) is 36.6 Å². The molecule has 23 heavy (non-hydrogen) atoms. The number of amides is 1. The molecule has 1 aromatic carbocycles. The minimum atomic E-state index is 0.00339. The Balaban J connectivity index is 1.66. The van der Waals surface area contributed by atoms with Crippen LogP contribution < -0.4 is 0 Å². The number of morpholine rings is 1. The zero-order valence-corrected chi connectivity index (χ0v) is 12.4. The van der Waals surface area contributed by atoms with Gasteiger partial charge in [0.15, 0.2) is 5.58 Å². The molecule has 4 rings (SSSR count). The normalized spacial score (nSPS) is 15.0. The first kappa shape index (κ1) is 13.9. The lowest BCUT2D eigenvalue weighted by Crippen LogP contribution is -2.40. The molecule has 0 bridgehead atoms. The summed E-state index contributed by atoms with van der Waals surface area (Å²) in [5.41, 5.74) is 2.82. The smallest absolute Gasteiger partial charge is 0.254 e.